The van der Waals surface area contributed by atoms with Crippen molar-refractivity contribution in [1.82, 2.24) is 0 Å². The van der Waals surface area contributed by atoms with Crippen molar-refractivity contribution in [3.8, 4) is 17.2 Å². The molecule has 0 atom stereocenters. The maximum Gasteiger partial charge on any atom is 0.311 e. The third kappa shape index (κ3) is 3.73. The summed E-state index contributed by atoms with van der Waals surface area (Å²) in [5.41, 5.74) is 0.349. The molecule has 23 heavy (non-hydrogen) atoms. The molecule has 0 amide bonds. The Morgan fingerprint density at radius 2 is 1.65 bits per heavy atom. The van der Waals surface area contributed by atoms with Gasteiger partial charge < -0.3 is 9.47 Å². The highest BCUT2D eigenvalue weighted by Crippen LogP contribution is 2.36. The largest absolute Gasteiger partial charge is 0.487 e. The quantitative estimate of drug-likeness (QED) is 0.588. The van der Waals surface area contributed by atoms with Crippen LogP contribution in [0.1, 0.15) is 12.5 Å². The van der Waals surface area contributed by atoms with Crippen LogP contribution >= 0.6 is 0 Å². The van der Waals surface area contributed by atoms with E-state index in [1.165, 1.54) is 30.3 Å². The van der Waals surface area contributed by atoms with E-state index in [0.717, 1.165) is 5.56 Å². The van der Waals surface area contributed by atoms with Crippen molar-refractivity contribution in [3.63, 3.8) is 0 Å². The molecule has 8 nitrogen and oxygen atoms in total. The van der Waals surface area contributed by atoms with Crippen molar-refractivity contribution >= 4 is 11.4 Å². The van der Waals surface area contributed by atoms with Crippen LogP contribution in [0.2, 0.25) is 0 Å². The van der Waals surface area contributed by atoms with Crippen LogP contribution in [0.15, 0.2) is 36.4 Å². The molecule has 0 aliphatic heterocycles. The second-order valence-electron chi connectivity index (χ2n) is 4.65. The lowest BCUT2D eigenvalue weighted by Gasteiger charge is -2.09. The molecular formula is C15H14N2O6. The Morgan fingerprint density at radius 3 is 2.26 bits per heavy atom. The molecule has 0 heterocycles. The van der Waals surface area contributed by atoms with E-state index in [2.05, 4.69) is 0 Å². The predicted molar refractivity (Wildman–Crippen MR) is 82.2 cm³/mol. The van der Waals surface area contributed by atoms with Gasteiger partial charge in [-0.05, 0) is 31.5 Å². The van der Waals surface area contributed by atoms with Crippen LogP contribution in [0.25, 0.3) is 0 Å². The minimum Gasteiger partial charge on any atom is -0.487 e. The Balaban J connectivity index is 2.39. The fourth-order valence-electron chi connectivity index (χ4n) is 1.96. The summed E-state index contributed by atoms with van der Waals surface area (Å²) < 4.78 is 10.7. The topological polar surface area (TPSA) is 105 Å². The average Bonchev–Trinajstić information content (AvgIpc) is 2.49. The fraction of sp³-hybridized carbons (Fsp3) is 0.200. The van der Waals surface area contributed by atoms with Gasteiger partial charge in [0, 0.05) is 18.2 Å². The number of nitro groups is 2. The number of rotatable bonds is 6. The van der Waals surface area contributed by atoms with Crippen molar-refractivity contribution in [3.05, 3.63) is 62.2 Å². The Labute approximate surface area is 131 Å². The first kappa shape index (κ1) is 16.2. The maximum absolute atomic E-state index is 11.1. The zero-order valence-electron chi connectivity index (χ0n) is 12.5. The minimum atomic E-state index is -0.566. The summed E-state index contributed by atoms with van der Waals surface area (Å²) >= 11 is 0. The van der Waals surface area contributed by atoms with Crippen molar-refractivity contribution in [2.45, 2.75) is 13.8 Å². The highest BCUT2D eigenvalue weighted by atomic mass is 16.6. The third-order valence-electron chi connectivity index (χ3n) is 2.97. The van der Waals surface area contributed by atoms with Gasteiger partial charge in [0.1, 0.15) is 5.75 Å². The normalized spacial score (nSPS) is 10.2. The van der Waals surface area contributed by atoms with E-state index in [-0.39, 0.29) is 35.2 Å². The van der Waals surface area contributed by atoms with Crippen molar-refractivity contribution < 1.29 is 19.3 Å². The van der Waals surface area contributed by atoms with Gasteiger partial charge in [-0.3, -0.25) is 20.2 Å². The first-order chi connectivity index (χ1) is 10.9. The predicted octanol–water partition coefficient (Wildman–Crippen LogP) is 4.00. The first-order valence-corrected chi connectivity index (χ1v) is 6.76. The molecule has 0 saturated carbocycles. The van der Waals surface area contributed by atoms with Crippen LogP contribution in [0.4, 0.5) is 11.4 Å². The lowest BCUT2D eigenvalue weighted by Crippen LogP contribution is -1.98. The zero-order chi connectivity index (χ0) is 17.0. The van der Waals surface area contributed by atoms with Gasteiger partial charge in [0.15, 0.2) is 0 Å². The molecule has 2 rings (SSSR count). The number of hydrogen-bond acceptors (Lipinski definition) is 6. The second kappa shape index (κ2) is 6.73. The maximum atomic E-state index is 11.1. The van der Waals surface area contributed by atoms with Crippen LogP contribution in [-0.2, 0) is 0 Å². The molecule has 0 spiro atoms. The van der Waals surface area contributed by atoms with E-state index in [1.54, 1.807) is 19.9 Å². The number of ether oxygens (including phenoxy) is 2. The molecule has 0 aliphatic carbocycles. The third-order valence-corrected chi connectivity index (χ3v) is 2.97. The molecule has 0 aromatic heterocycles. The minimum absolute atomic E-state index is 0.0461. The van der Waals surface area contributed by atoms with Gasteiger partial charge in [0.05, 0.1) is 16.5 Å². The Morgan fingerprint density at radius 1 is 0.957 bits per heavy atom. The molecule has 0 aliphatic rings. The Bertz CT molecular complexity index is 760. The molecule has 0 N–H and O–H groups in total. The van der Waals surface area contributed by atoms with Crippen molar-refractivity contribution in [1.29, 1.82) is 0 Å². The summed E-state index contributed by atoms with van der Waals surface area (Å²) in [5.74, 6) is 0.313. The molecule has 8 heteroatoms. The van der Waals surface area contributed by atoms with E-state index in [9.17, 15) is 20.2 Å². The Kier molecular flexibility index (Phi) is 4.75. The summed E-state index contributed by atoms with van der Waals surface area (Å²) in [5, 5.41) is 22.0. The molecule has 120 valence electrons. The molecule has 0 fully saturated rings. The van der Waals surface area contributed by atoms with Crippen LogP contribution < -0.4 is 9.47 Å². The summed E-state index contributed by atoms with van der Waals surface area (Å²) in [7, 11) is 0. The van der Waals surface area contributed by atoms with Gasteiger partial charge in [0.25, 0.3) is 0 Å². The Hall–Kier alpha value is -3.16. The summed E-state index contributed by atoms with van der Waals surface area (Å²) in [6, 6.07) is 8.49. The van der Waals surface area contributed by atoms with Gasteiger partial charge in [-0.1, -0.05) is 6.07 Å². The molecular weight excluding hydrogens is 304 g/mol. The molecule has 0 radical (unpaired) electrons. The van der Waals surface area contributed by atoms with Gasteiger partial charge >= 0.3 is 11.4 Å². The van der Waals surface area contributed by atoms with Crippen LogP contribution in [0.5, 0.6) is 17.2 Å². The number of benzene rings is 2. The van der Waals surface area contributed by atoms with E-state index >= 15 is 0 Å². The standard InChI is InChI=1S/C15H14N2O6/c1-3-22-15-9-11(5-6-12(15)16(18)19)23-14-7-4-10(2)8-13(14)17(20)21/h4-9H,3H2,1-2H3. The van der Waals surface area contributed by atoms with Gasteiger partial charge in [0.2, 0.25) is 11.5 Å². The highest BCUT2D eigenvalue weighted by Gasteiger charge is 2.19. The zero-order valence-corrected chi connectivity index (χ0v) is 12.5. The summed E-state index contributed by atoms with van der Waals surface area (Å²) in [6.07, 6.45) is 0. The fourth-order valence-corrected chi connectivity index (χ4v) is 1.96. The smallest absolute Gasteiger partial charge is 0.311 e. The highest BCUT2D eigenvalue weighted by molar-refractivity contribution is 5.54. The molecule has 0 unspecified atom stereocenters. The number of hydrogen-bond donors (Lipinski definition) is 0. The number of aryl methyl sites for hydroxylation is 1. The van der Waals surface area contributed by atoms with Crippen molar-refractivity contribution in [2.75, 3.05) is 6.61 Å². The second-order valence-corrected chi connectivity index (χ2v) is 4.65. The number of nitrogens with zero attached hydrogens (tertiary/aromatic N) is 2. The van der Waals surface area contributed by atoms with Crippen LogP contribution in [0, 0.1) is 27.2 Å². The average molecular weight is 318 g/mol. The first-order valence-electron chi connectivity index (χ1n) is 6.76. The monoisotopic (exact) mass is 318 g/mol. The van der Waals surface area contributed by atoms with E-state index in [0.29, 0.717) is 0 Å². The van der Waals surface area contributed by atoms with Gasteiger partial charge in [-0.15, -0.1) is 0 Å². The lowest BCUT2D eigenvalue weighted by molar-refractivity contribution is -0.385. The van der Waals surface area contributed by atoms with Crippen molar-refractivity contribution in [2.24, 2.45) is 0 Å². The van der Waals surface area contributed by atoms with Gasteiger partial charge in [-0.2, -0.15) is 0 Å². The molecule has 2 aromatic carbocycles. The van der Waals surface area contributed by atoms with Crippen LogP contribution in [0.3, 0.4) is 0 Å². The summed E-state index contributed by atoms with van der Waals surface area (Å²) in [6.45, 7) is 3.67. The lowest BCUT2D eigenvalue weighted by atomic mass is 10.2. The van der Waals surface area contributed by atoms with E-state index < -0.39 is 9.85 Å². The molecule has 2 aromatic rings. The SMILES string of the molecule is CCOc1cc(Oc2ccc(C)cc2[N+](=O)[O-])ccc1[N+](=O)[O-]. The van der Waals surface area contributed by atoms with Gasteiger partial charge in [-0.25, -0.2) is 0 Å². The van der Waals surface area contributed by atoms with Crippen LogP contribution in [-0.4, -0.2) is 16.5 Å². The molecule has 0 saturated heterocycles. The van der Waals surface area contributed by atoms with E-state index in [4.69, 9.17) is 9.47 Å². The van der Waals surface area contributed by atoms with E-state index in [1.807, 2.05) is 0 Å². The number of nitro benzene ring substituents is 2. The summed E-state index contributed by atoms with van der Waals surface area (Å²) in [4.78, 5) is 20.9. The molecule has 0 bridgehead atoms.